The predicted molar refractivity (Wildman–Crippen MR) is 201 cm³/mol. The number of aromatic amines is 1. The van der Waals surface area contributed by atoms with Gasteiger partial charge in [-0.2, -0.15) is 0 Å². The van der Waals surface area contributed by atoms with E-state index in [2.05, 4.69) is 98.4 Å². The van der Waals surface area contributed by atoms with Gasteiger partial charge in [0.25, 0.3) is 0 Å². The van der Waals surface area contributed by atoms with Gasteiger partial charge in [-0.05, 0) is 157 Å². The van der Waals surface area contributed by atoms with Crippen LogP contribution in [0.25, 0.3) is 10.8 Å². The normalized spacial score (nSPS) is 16.0. The van der Waals surface area contributed by atoms with E-state index < -0.39 is 0 Å². The van der Waals surface area contributed by atoms with Crippen molar-refractivity contribution in [3.8, 4) is 0 Å². The molecule has 0 fully saturated rings. The van der Waals surface area contributed by atoms with Crippen molar-refractivity contribution >= 4 is 51.6 Å². The SMILES string of the molecule is CN=C1N=C(N=C2N=C(Nc3[nH]c(N=C(C)N)c4c(C)c(C)c(C)c(C)c34)c3c(C)c(C)c(C)c(C)c32)c2c(C)c(C)c(C)c(C)c21. The van der Waals surface area contributed by atoms with Crippen molar-refractivity contribution in [3.05, 3.63) is 89.0 Å². The van der Waals surface area contributed by atoms with E-state index in [1.165, 1.54) is 61.2 Å². The van der Waals surface area contributed by atoms with Gasteiger partial charge in [-0.1, -0.05) is 0 Å². The number of nitrogens with one attached hydrogen (secondary N) is 2. The molecule has 0 radical (unpaired) electrons. The minimum Gasteiger partial charge on any atom is -0.387 e. The molecule has 242 valence electrons. The molecule has 0 aliphatic carbocycles. The van der Waals surface area contributed by atoms with Gasteiger partial charge < -0.3 is 16.0 Å². The Balaban J connectivity index is 1.62. The van der Waals surface area contributed by atoms with E-state index >= 15 is 0 Å². The maximum atomic E-state index is 6.11. The largest absolute Gasteiger partial charge is 0.387 e. The molecule has 2 aliphatic rings. The highest BCUT2D eigenvalue weighted by Gasteiger charge is 2.33. The van der Waals surface area contributed by atoms with Crippen molar-refractivity contribution in [2.24, 2.45) is 30.7 Å². The number of hydrogen-bond donors (Lipinski definition) is 3. The number of anilines is 1. The summed E-state index contributed by atoms with van der Waals surface area (Å²) in [4.78, 5) is 28.4. The third-order valence-corrected chi connectivity index (χ3v) is 11.1. The van der Waals surface area contributed by atoms with Gasteiger partial charge in [-0.3, -0.25) is 4.99 Å². The van der Waals surface area contributed by atoms with Crippen LogP contribution in [0.5, 0.6) is 0 Å². The van der Waals surface area contributed by atoms with Gasteiger partial charge in [-0.25, -0.2) is 20.0 Å². The van der Waals surface area contributed by atoms with Gasteiger partial charge in [0.15, 0.2) is 17.5 Å². The highest BCUT2D eigenvalue weighted by atomic mass is 15.1. The Bertz CT molecular complexity index is 2250. The fourth-order valence-corrected chi connectivity index (χ4v) is 7.34. The Labute approximate surface area is 278 Å². The first kappa shape index (κ1) is 32.1. The number of aryl methyl sites for hydroxylation is 2. The Morgan fingerprint density at radius 3 is 1.57 bits per heavy atom. The molecular weight excluding hydrogens is 580 g/mol. The van der Waals surface area contributed by atoms with Crippen LogP contribution in [0.1, 0.15) is 95.9 Å². The number of nitrogens with two attached hydrogens (primary N) is 1. The van der Waals surface area contributed by atoms with Crippen LogP contribution in [0.4, 0.5) is 11.6 Å². The maximum Gasteiger partial charge on any atom is 0.165 e. The lowest BCUT2D eigenvalue weighted by molar-refractivity contribution is 1.20. The van der Waals surface area contributed by atoms with Crippen molar-refractivity contribution in [1.29, 1.82) is 0 Å². The fourth-order valence-electron chi connectivity index (χ4n) is 7.34. The molecule has 0 spiro atoms. The van der Waals surface area contributed by atoms with Crippen LogP contribution in [0, 0.1) is 83.1 Å². The van der Waals surface area contributed by atoms with E-state index in [4.69, 9.17) is 25.7 Å². The maximum absolute atomic E-state index is 6.11. The summed E-state index contributed by atoms with van der Waals surface area (Å²) in [5, 5.41) is 5.89. The summed E-state index contributed by atoms with van der Waals surface area (Å²) in [5.41, 5.74) is 24.9. The molecule has 0 unspecified atom stereocenters. The standard InChI is InChI=1S/C39H46N8/c1-15-16(2)22(8)29-28(21(15)7)34(41-14)43-36(29)45-38-32-25(11)19(5)20(6)26(12)33(32)39(47-38)46-37-31-24(10)18(4)17(3)23(9)30(31)35(44-37)42-27(13)40/h44H,1-14H3,(H2,40,42)(H,41,43,45,46,47). The number of amidine groups is 5. The Morgan fingerprint density at radius 1 is 0.574 bits per heavy atom. The summed E-state index contributed by atoms with van der Waals surface area (Å²) in [5.74, 6) is 4.84. The number of H-pyrrole nitrogens is 1. The molecule has 0 saturated carbocycles. The van der Waals surface area contributed by atoms with Crippen molar-refractivity contribution in [1.82, 2.24) is 4.98 Å². The third kappa shape index (κ3) is 4.60. The summed E-state index contributed by atoms with van der Waals surface area (Å²) >= 11 is 0. The highest BCUT2D eigenvalue weighted by molar-refractivity contribution is 6.33. The van der Waals surface area contributed by atoms with Crippen molar-refractivity contribution < 1.29 is 0 Å². The van der Waals surface area contributed by atoms with Crippen molar-refractivity contribution in [3.63, 3.8) is 0 Å². The Hall–Kier alpha value is -4.85. The van der Waals surface area contributed by atoms with Gasteiger partial charge >= 0.3 is 0 Å². The van der Waals surface area contributed by atoms with Gasteiger partial charge in [-0.15, -0.1) is 0 Å². The molecule has 0 amide bonds. The van der Waals surface area contributed by atoms with Crippen molar-refractivity contribution in [2.75, 3.05) is 12.4 Å². The number of rotatable bonds is 2. The first-order valence-corrected chi connectivity index (χ1v) is 16.2. The lowest BCUT2D eigenvalue weighted by Gasteiger charge is -2.17. The molecule has 0 bridgehead atoms. The molecule has 0 atom stereocenters. The average Bonchev–Trinajstić information content (AvgIpc) is 3.69. The van der Waals surface area contributed by atoms with E-state index in [1.54, 1.807) is 7.05 Å². The number of aromatic nitrogens is 1. The average molecular weight is 627 g/mol. The Morgan fingerprint density at radius 2 is 1.04 bits per heavy atom. The second kappa shape index (κ2) is 11.1. The van der Waals surface area contributed by atoms with E-state index in [0.717, 1.165) is 56.1 Å². The number of benzene rings is 3. The zero-order valence-electron chi connectivity index (χ0n) is 30.3. The minimum absolute atomic E-state index is 0.495. The molecule has 4 N–H and O–H groups in total. The van der Waals surface area contributed by atoms with Crippen LogP contribution in [-0.2, 0) is 0 Å². The Kier molecular flexibility index (Phi) is 7.61. The van der Waals surface area contributed by atoms with Crippen LogP contribution in [0.3, 0.4) is 0 Å². The van der Waals surface area contributed by atoms with E-state index in [-0.39, 0.29) is 0 Å². The molecule has 0 saturated heterocycles. The summed E-state index contributed by atoms with van der Waals surface area (Å²) in [6.07, 6.45) is 0. The van der Waals surface area contributed by atoms with Crippen LogP contribution in [-0.4, -0.2) is 41.2 Å². The van der Waals surface area contributed by atoms with E-state index in [0.29, 0.717) is 23.3 Å². The zero-order chi connectivity index (χ0) is 34.4. The van der Waals surface area contributed by atoms with Gasteiger partial charge in [0.2, 0.25) is 0 Å². The molecule has 1 aromatic heterocycles. The molecule has 3 heterocycles. The summed E-state index contributed by atoms with van der Waals surface area (Å²) in [7, 11) is 1.80. The lowest BCUT2D eigenvalue weighted by atomic mass is 9.88. The summed E-state index contributed by atoms with van der Waals surface area (Å²) in [6, 6.07) is 0. The van der Waals surface area contributed by atoms with Crippen LogP contribution >= 0.6 is 0 Å². The third-order valence-electron chi connectivity index (χ3n) is 11.1. The summed E-state index contributed by atoms with van der Waals surface area (Å²) in [6.45, 7) is 27.8. The van der Waals surface area contributed by atoms with Gasteiger partial charge in [0.05, 0.1) is 5.84 Å². The number of fused-ring (bicyclic) bond motifs is 3. The van der Waals surface area contributed by atoms with Crippen molar-refractivity contribution in [2.45, 2.75) is 90.0 Å². The smallest absolute Gasteiger partial charge is 0.165 e. The van der Waals surface area contributed by atoms with Gasteiger partial charge in [0, 0.05) is 40.1 Å². The fraction of sp³-hybridized carbons (Fsp3) is 0.359. The quantitative estimate of drug-likeness (QED) is 0.153. The van der Waals surface area contributed by atoms with E-state index in [9.17, 15) is 0 Å². The van der Waals surface area contributed by atoms with Crippen LogP contribution < -0.4 is 11.1 Å². The predicted octanol–water partition coefficient (Wildman–Crippen LogP) is 8.33. The lowest BCUT2D eigenvalue weighted by Crippen LogP contribution is -2.15. The molecule has 3 aromatic carbocycles. The van der Waals surface area contributed by atoms with E-state index in [1.807, 2.05) is 6.92 Å². The minimum atomic E-state index is 0.495. The molecule has 8 heteroatoms. The molecule has 4 aromatic rings. The molecule has 6 rings (SSSR count). The van der Waals surface area contributed by atoms with Crippen LogP contribution in [0.15, 0.2) is 25.0 Å². The highest BCUT2D eigenvalue weighted by Crippen LogP contribution is 2.42. The molecule has 47 heavy (non-hydrogen) atoms. The molecular formula is C39H46N8. The number of aliphatic imine (C=N–C) groups is 5. The van der Waals surface area contributed by atoms with Gasteiger partial charge in [0.1, 0.15) is 17.5 Å². The number of hydrogen-bond acceptors (Lipinski definition) is 4. The second-order valence-electron chi connectivity index (χ2n) is 13.4. The molecule has 8 nitrogen and oxygen atoms in total. The zero-order valence-corrected chi connectivity index (χ0v) is 30.3. The first-order chi connectivity index (χ1) is 22.1. The van der Waals surface area contributed by atoms with Crippen LogP contribution in [0.2, 0.25) is 0 Å². The topological polar surface area (TPSA) is 116 Å². The monoisotopic (exact) mass is 626 g/mol. The second-order valence-corrected chi connectivity index (χ2v) is 13.4. The summed E-state index contributed by atoms with van der Waals surface area (Å²) < 4.78 is 0. The number of nitrogens with zero attached hydrogens (tertiary/aromatic N) is 5. The molecule has 2 aliphatic heterocycles. The first-order valence-electron chi connectivity index (χ1n) is 16.2.